The van der Waals surface area contributed by atoms with Gasteiger partial charge in [0.15, 0.2) is 0 Å². The lowest BCUT2D eigenvalue weighted by molar-refractivity contribution is 0.0871. The summed E-state index contributed by atoms with van der Waals surface area (Å²) in [6.07, 6.45) is 2.78. The Hall–Kier alpha value is 0.270. The monoisotopic (exact) mass is 175 g/mol. The molecule has 0 aromatic rings. The zero-order chi connectivity index (χ0) is 8.10. The summed E-state index contributed by atoms with van der Waals surface area (Å²) in [5, 5.41) is 3.97. The van der Waals surface area contributed by atoms with Crippen LogP contribution in [0.5, 0.6) is 0 Å². The number of nitrogens with one attached hydrogen (secondary N) is 1. The average Bonchev–Trinajstić information content (AvgIpc) is 2.52. The van der Waals surface area contributed by atoms with E-state index in [1.165, 1.54) is 18.6 Å². The van der Waals surface area contributed by atoms with Gasteiger partial charge in [0.25, 0.3) is 0 Å². The first-order valence-electron chi connectivity index (χ1n) is 4.26. The molecule has 0 radical (unpaired) electrons. The molecule has 0 bridgehead atoms. The second-order valence-corrected chi connectivity index (χ2v) is 4.06. The normalized spacial score (nSPS) is 27.3. The van der Waals surface area contributed by atoms with Gasteiger partial charge < -0.3 is 10.1 Å². The Balaban J connectivity index is 2.27. The molecule has 0 spiro atoms. The predicted octanol–water partition coefficient (Wildman–Crippen LogP) is 1.46. The van der Waals surface area contributed by atoms with Gasteiger partial charge in [0.05, 0.1) is 11.5 Å². The van der Waals surface area contributed by atoms with E-state index in [0.717, 1.165) is 6.54 Å². The lowest BCUT2D eigenvalue weighted by Crippen LogP contribution is -2.34. The Morgan fingerprint density at radius 3 is 3.00 bits per heavy atom. The van der Waals surface area contributed by atoms with Gasteiger partial charge in [0, 0.05) is 19.4 Å². The summed E-state index contributed by atoms with van der Waals surface area (Å²) in [6.45, 7) is 3.34. The molecule has 66 valence electrons. The van der Waals surface area contributed by atoms with E-state index in [-0.39, 0.29) is 0 Å². The van der Waals surface area contributed by atoms with Crippen LogP contribution >= 0.6 is 11.8 Å². The Bertz CT molecular complexity index is 104. The third kappa shape index (κ3) is 2.65. The first-order valence-corrected chi connectivity index (χ1v) is 5.31. The molecule has 11 heavy (non-hydrogen) atoms. The summed E-state index contributed by atoms with van der Waals surface area (Å²) >= 11 is 1.98. The number of ether oxygens (including phenoxy) is 1. The number of hydrogen-bond donors (Lipinski definition) is 1. The number of thioether (sulfide) groups is 1. The fourth-order valence-electron chi connectivity index (χ4n) is 1.36. The minimum atomic E-state index is 0.410. The Labute approximate surface area is 73.1 Å². The van der Waals surface area contributed by atoms with E-state index < -0.39 is 0 Å². The lowest BCUT2D eigenvalue weighted by atomic mass is 10.2. The Morgan fingerprint density at radius 2 is 2.55 bits per heavy atom. The number of rotatable bonds is 4. The summed E-state index contributed by atoms with van der Waals surface area (Å²) in [7, 11) is 1.81. The third-order valence-corrected chi connectivity index (χ3v) is 3.23. The maximum atomic E-state index is 5.39. The highest BCUT2D eigenvalue weighted by molar-refractivity contribution is 8.00. The molecule has 0 saturated carbocycles. The van der Waals surface area contributed by atoms with Crippen molar-refractivity contribution < 1.29 is 4.74 Å². The van der Waals surface area contributed by atoms with E-state index in [4.69, 9.17) is 4.74 Å². The van der Waals surface area contributed by atoms with Crippen molar-refractivity contribution in [2.45, 2.75) is 31.2 Å². The summed E-state index contributed by atoms with van der Waals surface area (Å²) < 4.78 is 5.39. The van der Waals surface area contributed by atoms with Gasteiger partial charge in [-0.2, -0.15) is 0 Å². The highest BCUT2D eigenvalue weighted by Gasteiger charge is 2.23. The Morgan fingerprint density at radius 1 is 1.73 bits per heavy atom. The highest BCUT2D eigenvalue weighted by atomic mass is 32.2. The molecule has 2 atom stereocenters. The van der Waals surface area contributed by atoms with E-state index in [2.05, 4.69) is 12.2 Å². The SMILES string of the molecule is CCCC(OC)C1NCCS1. The van der Waals surface area contributed by atoms with Crippen LogP contribution in [0, 0.1) is 0 Å². The van der Waals surface area contributed by atoms with Crippen molar-refractivity contribution in [3.63, 3.8) is 0 Å². The van der Waals surface area contributed by atoms with Crippen molar-refractivity contribution in [1.29, 1.82) is 0 Å². The maximum absolute atomic E-state index is 5.39. The molecule has 1 heterocycles. The van der Waals surface area contributed by atoms with Gasteiger partial charge in [-0.15, -0.1) is 11.8 Å². The molecule has 1 rings (SSSR count). The van der Waals surface area contributed by atoms with Crippen LogP contribution < -0.4 is 5.32 Å². The minimum Gasteiger partial charge on any atom is -0.379 e. The molecule has 2 unspecified atom stereocenters. The van der Waals surface area contributed by atoms with Crippen LogP contribution in [0.4, 0.5) is 0 Å². The molecule has 1 fully saturated rings. The van der Waals surface area contributed by atoms with Gasteiger partial charge in [0.1, 0.15) is 0 Å². The van der Waals surface area contributed by atoms with Crippen LogP contribution in [-0.4, -0.2) is 30.9 Å². The van der Waals surface area contributed by atoms with Crippen LogP contribution in [0.2, 0.25) is 0 Å². The van der Waals surface area contributed by atoms with Crippen molar-refractivity contribution in [3.8, 4) is 0 Å². The van der Waals surface area contributed by atoms with Gasteiger partial charge in [-0.3, -0.25) is 0 Å². The lowest BCUT2D eigenvalue weighted by Gasteiger charge is -2.20. The summed E-state index contributed by atoms with van der Waals surface area (Å²) in [5.41, 5.74) is 0. The molecule has 1 aliphatic heterocycles. The minimum absolute atomic E-state index is 0.410. The Kier molecular flexibility index (Phi) is 4.26. The van der Waals surface area contributed by atoms with E-state index >= 15 is 0 Å². The molecule has 1 aliphatic rings. The van der Waals surface area contributed by atoms with Crippen molar-refractivity contribution >= 4 is 11.8 Å². The molecular formula is C8H17NOS. The van der Waals surface area contributed by atoms with Gasteiger partial charge in [0.2, 0.25) is 0 Å². The summed E-state index contributed by atoms with van der Waals surface area (Å²) in [5.74, 6) is 1.23. The van der Waals surface area contributed by atoms with Crippen molar-refractivity contribution in [1.82, 2.24) is 5.32 Å². The van der Waals surface area contributed by atoms with Crippen LogP contribution in [0.25, 0.3) is 0 Å². The number of methoxy groups -OCH3 is 1. The molecule has 3 heteroatoms. The van der Waals surface area contributed by atoms with Crippen molar-refractivity contribution in [2.24, 2.45) is 0 Å². The van der Waals surface area contributed by atoms with E-state index in [1.807, 2.05) is 11.8 Å². The first kappa shape index (κ1) is 9.36. The zero-order valence-corrected chi connectivity index (χ0v) is 8.12. The molecular weight excluding hydrogens is 158 g/mol. The number of hydrogen-bond acceptors (Lipinski definition) is 3. The average molecular weight is 175 g/mol. The standard InChI is InChI=1S/C8H17NOS/c1-3-4-7(10-2)8-9-5-6-11-8/h7-9H,3-6H2,1-2H3. The molecule has 0 aromatic carbocycles. The molecule has 0 aliphatic carbocycles. The smallest absolute Gasteiger partial charge is 0.0817 e. The molecule has 2 nitrogen and oxygen atoms in total. The molecule has 0 aromatic heterocycles. The molecule has 1 N–H and O–H groups in total. The summed E-state index contributed by atoms with van der Waals surface area (Å²) in [6, 6.07) is 0. The second kappa shape index (κ2) is 5.01. The fraction of sp³-hybridized carbons (Fsp3) is 1.00. The highest BCUT2D eigenvalue weighted by Crippen LogP contribution is 2.21. The first-order chi connectivity index (χ1) is 5.38. The summed E-state index contributed by atoms with van der Waals surface area (Å²) in [4.78, 5) is 0. The maximum Gasteiger partial charge on any atom is 0.0817 e. The van der Waals surface area contributed by atoms with Crippen LogP contribution in [0.1, 0.15) is 19.8 Å². The fourth-order valence-corrected chi connectivity index (χ4v) is 2.55. The topological polar surface area (TPSA) is 21.3 Å². The van der Waals surface area contributed by atoms with Crippen molar-refractivity contribution in [3.05, 3.63) is 0 Å². The van der Waals surface area contributed by atoms with Crippen LogP contribution in [0.3, 0.4) is 0 Å². The predicted molar refractivity (Wildman–Crippen MR) is 50.0 cm³/mol. The second-order valence-electron chi connectivity index (χ2n) is 2.81. The van der Waals surface area contributed by atoms with Crippen LogP contribution in [0.15, 0.2) is 0 Å². The van der Waals surface area contributed by atoms with Gasteiger partial charge in [-0.05, 0) is 6.42 Å². The van der Waals surface area contributed by atoms with Gasteiger partial charge in [-0.1, -0.05) is 13.3 Å². The van der Waals surface area contributed by atoms with Gasteiger partial charge in [-0.25, -0.2) is 0 Å². The van der Waals surface area contributed by atoms with E-state index in [0.29, 0.717) is 11.5 Å². The van der Waals surface area contributed by atoms with E-state index in [9.17, 15) is 0 Å². The quantitative estimate of drug-likeness (QED) is 0.699. The molecule has 0 amide bonds. The van der Waals surface area contributed by atoms with Crippen LogP contribution in [-0.2, 0) is 4.74 Å². The molecule has 1 saturated heterocycles. The third-order valence-electron chi connectivity index (χ3n) is 1.96. The zero-order valence-electron chi connectivity index (χ0n) is 7.30. The largest absolute Gasteiger partial charge is 0.379 e. The van der Waals surface area contributed by atoms with E-state index in [1.54, 1.807) is 7.11 Å². The van der Waals surface area contributed by atoms with Gasteiger partial charge >= 0.3 is 0 Å². The van der Waals surface area contributed by atoms with Crippen molar-refractivity contribution in [2.75, 3.05) is 19.4 Å².